The molecule has 1 radical (unpaired) electrons. The first-order chi connectivity index (χ1) is 6.83. The first-order valence-electron chi connectivity index (χ1n) is 4.21. The van der Waals surface area contributed by atoms with E-state index >= 15 is 0 Å². The maximum Gasteiger partial charge on any atom is 0.330 e. The SMILES string of the molecule is C=CC(=O)OCCOc1cc[c]cc1. The van der Waals surface area contributed by atoms with Gasteiger partial charge in [-0.3, -0.25) is 0 Å². The highest BCUT2D eigenvalue weighted by Gasteiger charge is 1.95. The summed E-state index contributed by atoms with van der Waals surface area (Å²) < 4.78 is 9.99. The third-order valence-electron chi connectivity index (χ3n) is 1.45. The van der Waals surface area contributed by atoms with Crippen molar-refractivity contribution in [1.82, 2.24) is 0 Å². The fraction of sp³-hybridized carbons (Fsp3) is 0.182. The fourth-order valence-corrected chi connectivity index (χ4v) is 0.829. The van der Waals surface area contributed by atoms with Gasteiger partial charge < -0.3 is 9.47 Å². The zero-order chi connectivity index (χ0) is 10.2. The van der Waals surface area contributed by atoms with Gasteiger partial charge in [-0.1, -0.05) is 18.7 Å². The topological polar surface area (TPSA) is 35.5 Å². The van der Waals surface area contributed by atoms with Crippen molar-refractivity contribution in [2.24, 2.45) is 0 Å². The molecule has 0 N–H and O–H groups in total. The van der Waals surface area contributed by atoms with Gasteiger partial charge in [0.2, 0.25) is 0 Å². The van der Waals surface area contributed by atoms with Crippen LogP contribution in [0.1, 0.15) is 0 Å². The van der Waals surface area contributed by atoms with Crippen LogP contribution in [-0.2, 0) is 9.53 Å². The largest absolute Gasteiger partial charge is 0.490 e. The number of hydrogen-bond donors (Lipinski definition) is 0. The molecule has 0 fully saturated rings. The van der Waals surface area contributed by atoms with Gasteiger partial charge in [0.1, 0.15) is 19.0 Å². The fourth-order valence-electron chi connectivity index (χ4n) is 0.829. The summed E-state index contributed by atoms with van der Waals surface area (Å²) in [6, 6.07) is 9.96. The summed E-state index contributed by atoms with van der Waals surface area (Å²) in [6.07, 6.45) is 1.12. The molecule has 0 amide bonds. The Labute approximate surface area is 83.0 Å². The molecule has 3 heteroatoms. The quantitative estimate of drug-likeness (QED) is 0.403. The second kappa shape index (κ2) is 5.80. The third-order valence-corrected chi connectivity index (χ3v) is 1.45. The lowest BCUT2D eigenvalue weighted by molar-refractivity contribution is -0.138. The Balaban J connectivity index is 2.16. The van der Waals surface area contributed by atoms with E-state index < -0.39 is 5.97 Å². The Kier molecular flexibility index (Phi) is 4.27. The van der Waals surface area contributed by atoms with Crippen molar-refractivity contribution in [2.75, 3.05) is 13.2 Å². The highest BCUT2D eigenvalue weighted by Crippen LogP contribution is 2.07. The van der Waals surface area contributed by atoms with Crippen LogP contribution in [-0.4, -0.2) is 19.2 Å². The molecule has 1 aromatic rings. The van der Waals surface area contributed by atoms with E-state index in [-0.39, 0.29) is 6.61 Å². The minimum Gasteiger partial charge on any atom is -0.490 e. The Morgan fingerprint density at radius 2 is 2.14 bits per heavy atom. The number of carbonyl (C=O) groups excluding carboxylic acids is 1. The third kappa shape index (κ3) is 3.76. The number of ether oxygens (including phenoxy) is 2. The second-order valence-electron chi connectivity index (χ2n) is 2.46. The van der Waals surface area contributed by atoms with Crippen LogP contribution in [0, 0.1) is 6.07 Å². The molecule has 0 atom stereocenters. The van der Waals surface area contributed by atoms with Crippen LogP contribution in [0.2, 0.25) is 0 Å². The zero-order valence-electron chi connectivity index (χ0n) is 7.73. The Morgan fingerprint density at radius 1 is 1.43 bits per heavy atom. The maximum absolute atomic E-state index is 10.6. The van der Waals surface area contributed by atoms with Crippen LogP contribution in [0.5, 0.6) is 5.75 Å². The average molecular weight is 191 g/mol. The minimum absolute atomic E-state index is 0.226. The van der Waals surface area contributed by atoms with Crippen molar-refractivity contribution in [1.29, 1.82) is 0 Å². The molecule has 3 nitrogen and oxygen atoms in total. The number of carbonyl (C=O) groups is 1. The van der Waals surface area contributed by atoms with E-state index in [0.29, 0.717) is 6.61 Å². The predicted molar refractivity (Wildman–Crippen MR) is 51.9 cm³/mol. The Hall–Kier alpha value is -1.77. The van der Waals surface area contributed by atoms with Crippen LogP contribution < -0.4 is 4.74 Å². The van der Waals surface area contributed by atoms with E-state index in [1.165, 1.54) is 0 Å². The summed E-state index contributed by atoms with van der Waals surface area (Å²) in [4.78, 5) is 10.6. The molecule has 0 bridgehead atoms. The predicted octanol–water partition coefficient (Wildman–Crippen LogP) is 1.59. The molecule has 0 aromatic heterocycles. The standard InChI is InChI=1S/C11H11O3/c1-2-11(12)14-9-8-13-10-6-4-3-5-7-10/h2,4-7H,1,8-9H2. The summed E-state index contributed by atoms with van der Waals surface area (Å²) in [5.41, 5.74) is 0. The molecule has 0 heterocycles. The highest BCUT2D eigenvalue weighted by atomic mass is 16.6. The van der Waals surface area contributed by atoms with Gasteiger partial charge in [0, 0.05) is 6.08 Å². The van der Waals surface area contributed by atoms with Crippen molar-refractivity contribution in [2.45, 2.75) is 0 Å². The van der Waals surface area contributed by atoms with E-state index in [0.717, 1.165) is 11.8 Å². The Bertz CT molecular complexity index is 293. The molecule has 1 aromatic carbocycles. The lowest BCUT2D eigenvalue weighted by Gasteiger charge is -2.05. The van der Waals surface area contributed by atoms with Crippen LogP contribution in [0.15, 0.2) is 36.9 Å². The molecule has 0 aliphatic rings. The van der Waals surface area contributed by atoms with Gasteiger partial charge in [-0.25, -0.2) is 4.79 Å². The number of hydrogen-bond acceptors (Lipinski definition) is 3. The van der Waals surface area contributed by atoms with Crippen molar-refractivity contribution in [3.8, 4) is 5.75 Å². The maximum atomic E-state index is 10.6. The average Bonchev–Trinajstić information content (AvgIpc) is 2.25. The molecular weight excluding hydrogens is 180 g/mol. The summed E-state index contributed by atoms with van der Waals surface area (Å²) >= 11 is 0. The monoisotopic (exact) mass is 191 g/mol. The van der Waals surface area contributed by atoms with Crippen molar-refractivity contribution in [3.63, 3.8) is 0 Å². The van der Waals surface area contributed by atoms with E-state index in [1.807, 2.05) is 0 Å². The second-order valence-corrected chi connectivity index (χ2v) is 2.46. The van der Waals surface area contributed by atoms with Gasteiger partial charge >= 0.3 is 5.97 Å². The molecular formula is C11H11O3. The first kappa shape index (κ1) is 10.3. The number of esters is 1. The molecule has 0 aliphatic heterocycles. The van der Waals surface area contributed by atoms with Crippen molar-refractivity contribution >= 4 is 5.97 Å². The van der Waals surface area contributed by atoms with E-state index in [4.69, 9.17) is 9.47 Å². The molecule has 73 valence electrons. The summed E-state index contributed by atoms with van der Waals surface area (Å²) in [6.45, 7) is 3.84. The van der Waals surface area contributed by atoms with Gasteiger partial charge in [-0.05, 0) is 18.2 Å². The van der Waals surface area contributed by atoms with Crippen molar-refractivity contribution in [3.05, 3.63) is 43.0 Å². The first-order valence-corrected chi connectivity index (χ1v) is 4.21. The van der Waals surface area contributed by atoms with E-state index in [9.17, 15) is 4.79 Å². The van der Waals surface area contributed by atoms with E-state index in [1.54, 1.807) is 24.3 Å². The molecule has 0 unspecified atom stereocenters. The van der Waals surface area contributed by atoms with Crippen LogP contribution in [0.3, 0.4) is 0 Å². The molecule has 0 aliphatic carbocycles. The van der Waals surface area contributed by atoms with Crippen LogP contribution in [0.25, 0.3) is 0 Å². The molecule has 0 saturated heterocycles. The number of benzene rings is 1. The van der Waals surface area contributed by atoms with Gasteiger partial charge in [0.15, 0.2) is 0 Å². The molecule has 14 heavy (non-hydrogen) atoms. The summed E-state index contributed by atoms with van der Waals surface area (Å²) in [5.74, 6) is 0.299. The van der Waals surface area contributed by atoms with E-state index in [2.05, 4.69) is 12.6 Å². The van der Waals surface area contributed by atoms with Gasteiger partial charge in [-0.2, -0.15) is 0 Å². The van der Waals surface area contributed by atoms with Gasteiger partial charge in [0.25, 0.3) is 0 Å². The highest BCUT2D eigenvalue weighted by molar-refractivity contribution is 5.81. The lowest BCUT2D eigenvalue weighted by Crippen LogP contribution is -2.09. The molecule has 1 rings (SSSR count). The van der Waals surface area contributed by atoms with Crippen LogP contribution >= 0.6 is 0 Å². The molecule has 0 spiro atoms. The van der Waals surface area contributed by atoms with Crippen molar-refractivity contribution < 1.29 is 14.3 Å². The molecule has 0 saturated carbocycles. The zero-order valence-corrected chi connectivity index (χ0v) is 7.73. The summed E-state index contributed by atoms with van der Waals surface area (Å²) in [5, 5.41) is 0. The van der Waals surface area contributed by atoms with Gasteiger partial charge in [-0.15, -0.1) is 0 Å². The minimum atomic E-state index is -0.435. The summed E-state index contributed by atoms with van der Waals surface area (Å²) in [7, 11) is 0. The smallest absolute Gasteiger partial charge is 0.330 e. The lowest BCUT2D eigenvalue weighted by atomic mass is 10.3. The Morgan fingerprint density at radius 3 is 2.79 bits per heavy atom. The van der Waals surface area contributed by atoms with Gasteiger partial charge in [0.05, 0.1) is 0 Å². The number of rotatable bonds is 5. The normalized spacial score (nSPS) is 9.14. The van der Waals surface area contributed by atoms with Crippen LogP contribution in [0.4, 0.5) is 0 Å².